The Morgan fingerprint density at radius 1 is 1.00 bits per heavy atom. The average Bonchev–Trinajstić information content (AvgIpc) is 3.02. The van der Waals surface area contributed by atoms with Crippen LogP contribution in [0.5, 0.6) is 0 Å². The number of nitrogens with zero attached hydrogens (tertiary/aromatic N) is 2. The number of amides is 1. The second-order valence-electron chi connectivity index (χ2n) is 4.65. The summed E-state index contributed by atoms with van der Waals surface area (Å²) in [7, 11) is 0. The van der Waals surface area contributed by atoms with E-state index in [1.54, 1.807) is 12.1 Å². The molecule has 0 fully saturated rings. The number of nitrogens with one attached hydrogen (secondary N) is 1. The average molecular weight is 386 g/mol. The maximum atomic E-state index is 12.1. The van der Waals surface area contributed by atoms with E-state index in [-0.39, 0.29) is 5.91 Å². The van der Waals surface area contributed by atoms with Crippen LogP contribution in [0.4, 0.5) is 5.13 Å². The van der Waals surface area contributed by atoms with E-state index >= 15 is 0 Å². The largest absolute Gasteiger partial charge is 0.296 e. The molecule has 3 aromatic rings. The van der Waals surface area contributed by atoms with Crippen molar-refractivity contribution >= 4 is 50.5 Å². The third-order valence-electron chi connectivity index (χ3n) is 2.99. The smallest absolute Gasteiger partial charge is 0.257 e. The lowest BCUT2D eigenvalue weighted by Gasteiger charge is -2.00. The summed E-state index contributed by atoms with van der Waals surface area (Å²) in [6.45, 7) is 0. The maximum Gasteiger partial charge on any atom is 0.257 e. The highest BCUT2D eigenvalue weighted by Crippen LogP contribution is 2.19. The van der Waals surface area contributed by atoms with Crippen molar-refractivity contribution in [1.29, 1.82) is 0 Å². The molecule has 6 heteroatoms. The van der Waals surface area contributed by atoms with E-state index in [0.717, 1.165) is 15.0 Å². The first-order valence-electron chi connectivity index (χ1n) is 6.84. The number of rotatable bonds is 4. The minimum absolute atomic E-state index is 0.202. The summed E-state index contributed by atoms with van der Waals surface area (Å²) in [4.78, 5) is 12.1. The van der Waals surface area contributed by atoms with Gasteiger partial charge in [0.05, 0.1) is 0 Å². The maximum absolute atomic E-state index is 12.1. The summed E-state index contributed by atoms with van der Waals surface area (Å²) in [5.74, 6) is -0.202. The monoisotopic (exact) mass is 385 g/mol. The molecule has 0 aliphatic carbocycles. The predicted molar refractivity (Wildman–Crippen MR) is 97.4 cm³/mol. The standard InChI is InChI=1S/C17H12BrN3OS/c18-14-9-7-13(8-10-14)16(22)19-17-21-20-15(23-17)11-6-12-4-2-1-3-5-12/h1-11H,(H,19,21,22). The van der Waals surface area contributed by atoms with Gasteiger partial charge >= 0.3 is 0 Å². The van der Waals surface area contributed by atoms with Crippen LogP contribution in [-0.2, 0) is 0 Å². The van der Waals surface area contributed by atoms with Crippen molar-refractivity contribution < 1.29 is 4.79 Å². The Kier molecular flexibility index (Phi) is 4.95. The number of anilines is 1. The molecule has 4 nitrogen and oxygen atoms in total. The quantitative estimate of drug-likeness (QED) is 0.706. The molecular formula is C17H12BrN3OS. The third kappa shape index (κ3) is 4.34. The zero-order chi connectivity index (χ0) is 16.1. The fourth-order valence-electron chi connectivity index (χ4n) is 1.85. The molecule has 0 radical (unpaired) electrons. The van der Waals surface area contributed by atoms with Gasteiger partial charge in [0.2, 0.25) is 5.13 Å². The van der Waals surface area contributed by atoms with Gasteiger partial charge in [-0.15, -0.1) is 10.2 Å². The molecule has 0 atom stereocenters. The summed E-state index contributed by atoms with van der Waals surface area (Å²) >= 11 is 4.67. The molecule has 1 amide bonds. The SMILES string of the molecule is O=C(Nc1nnc(C=Cc2ccccc2)s1)c1ccc(Br)cc1. The number of carbonyl (C=O) groups is 1. The number of carbonyl (C=O) groups excluding carboxylic acids is 1. The van der Waals surface area contributed by atoms with Gasteiger partial charge < -0.3 is 0 Å². The van der Waals surface area contributed by atoms with E-state index in [0.29, 0.717) is 10.7 Å². The zero-order valence-corrected chi connectivity index (χ0v) is 14.3. The normalized spacial score (nSPS) is 10.8. The van der Waals surface area contributed by atoms with Gasteiger partial charge in [-0.25, -0.2) is 0 Å². The Bertz CT molecular complexity index is 829. The second-order valence-corrected chi connectivity index (χ2v) is 6.58. The van der Waals surface area contributed by atoms with Crippen LogP contribution in [-0.4, -0.2) is 16.1 Å². The van der Waals surface area contributed by atoms with Crippen LogP contribution in [0.3, 0.4) is 0 Å². The Balaban J connectivity index is 1.66. The van der Waals surface area contributed by atoms with Gasteiger partial charge in [0, 0.05) is 10.0 Å². The van der Waals surface area contributed by atoms with Crippen molar-refractivity contribution in [2.45, 2.75) is 0 Å². The van der Waals surface area contributed by atoms with Crippen molar-refractivity contribution in [1.82, 2.24) is 10.2 Å². The van der Waals surface area contributed by atoms with Gasteiger partial charge in [0.15, 0.2) is 0 Å². The molecule has 1 heterocycles. The van der Waals surface area contributed by atoms with E-state index in [4.69, 9.17) is 0 Å². The van der Waals surface area contributed by atoms with Crippen LogP contribution in [0.15, 0.2) is 59.1 Å². The molecule has 3 rings (SSSR count). The lowest BCUT2D eigenvalue weighted by molar-refractivity contribution is 0.102. The molecule has 2 aromatic carbocycles. The fraction of sp³-hybridized carbons (Fsp3) is 0. The highest BCUT2D eigenvalue weighted by molar-refractivity contribution is 9.10. The first-order valence-corrected chi connectivity index (χ1v) is 8.45. The highest BCUT2D eigenvalue weighted by Gasteiger charge is 2.09. The molecule has 0 saturated heterocycles. The lowest BCUT2D eigenvalue weighted by Crippen LogP contribution is -2.11. The minimum atomic E-state index is -0.202. The van der Waals surface area contributed by atoms with Crippen LogP contribution in [0, 0.1) is 0 Å². The first kappa shape index (κ1) is 15.6. The summed E-state index contributed by atoms with van der Waals surface area (Å²) in [6.07, 6.45) is 3.84. The molecule has 23 heavy (non-hydrogen) atoms. The van der Waals surface area contributed by atoms with Crippen molar-refractivity contribution in [3.05, 3.63) is 75.2 Å². The summed E-state index contributed by atoms with van der Waals surface area (Å²) in [5, 5.41) is 12.0. The summed E-state index contributed by atoms with van der Waals surface area (Å²) < 4.78 is 0.929. The molecule has 0 aliphatic rings. The summed E-state index contributed by atoms with van der Waals surface area (Å²) in [5.41, 5.74) is 1.66. The topological polar surface area (TPSA) is 54.9 Å². The van der Waals surface area contributed by atoms with Crippen molar-refractivity contribution in [2.24, 2.45) is 0 Å². The van der Waals surface area contributed by atoms with Crippen LogP contribution >= 0.6 is 27.3 Å². The number of halogens is 1. The molecule has 0 saturated carbocycles. The highest BCUT2D eigenvalue weighted by atomic mass is 79.9. The van der Waals surface area contributed by atoms with Gasteiger partial charge in [0.25, 0.3) is 5.91 Å². The molecule has 114 valence electrons. The molecule has 0 spiro atoms. The van der Waals surface area contributed by atoms with Crippen molar-refractivity contribution in [3.8, 4) is 0 Å². The van der Waals surface area contributed by atoms with Crippen LogP contribution in [0.1, 0.15) is 20.9 Å². The first-order chi connectivity index (χ1) is 11.2. The van der Waals surface area contributed by atoms with Gasteiger partial charge in [-0.2, -0.15) is 0 Å². The molecule has 0 unspecified atom stereocenters. The zero-order valence-electron chi connectivity index (χ0n) is 11.9. The minimum Gasteiger partial charge on any atom is -0.296 e. The Labute approximate surface area is 146 Å². The van der Waals surface area contributed by atoms with E-state index in [2.05, 4.69) is 31.4 Å². The predicted octanol–water partition coefficient (Wildman–Crippen LogP) is 4.72. The fourth-order valence-corrected chi connectivity index (χ4v) is 2.76. The van der Waals surface area contributed by atoms with Crippen LogP contribution < -0.4 is 5.32 Å². The van der Waals surface area contributed by atoms with E-state index in [9.17, 15) is 4.79 Å². The van der Waals surface area contributed by atoms with Crippen molar-refractivity contribution in [2.75, 3.05) is 5.32 Å². The Morgan fingerprint density at radius 3 is 2.48 bits per heavy atom. The lowest BCUT2D eigenvalue weighted by atomic mass is 10.2. The molecule has 0 bridgehead atoms. The van der Waals surface area contributed by atoms with E-state index < -0.39 is 0 Å². The number of hydrogen-bond donors (Lipinski definition) is 1. The molecule has 0 aliphatic heterocycles. The summed E-state index contributed by atoms with van der Waals surface area (Å²) in [6, 6.07) is 17.1. The molecule has 1 aromatic heterocycles. The van der Waals surface area contributed by atoms with E-state index in [1.807, 2.05) is 54.6 Å². The van der Waals surface area contributed by atoms with Gasteiger partial charge in [0.1, 0.15) is 5.01 Å². The van der Waals surface area contributed by atoms with Crippen LogP contribution in [0.25, 0.3) is 12.2 Å². The van der Waals surface area contributed by atoms with E-state index in [1.165, 1.54) is 11.3 Å². The number of hydrogen-bond acceptors (Lipinski definition) is 4. The number of benzene rings is 2. The van der Waals surface area contributed by atoms with Crippen LogP contribution in [0.2, 0.25) is 0 Å². The molecular weight excluding hydrogens is 374 g/mol. The van der Waals surface area contributed by atoms with Gasteiger partial charge in [-0.1, -0.05) is 63.7 Å². The van der Waals surface area contributed by atoms with Gasteiger partial charge in [-0.05, 0) is 35.9 Å². The number of aromatic nitrogens is 2. The Hall–Kier alpha value is -2.31. The molecule has 1 N–H and O–H groups in total. The van der Waals surface area contributed by atoms with Gasteiger partial charge in [-0.3, -0.25) is 10.1 Å². The second kappa shape index (κ2) is 7.30. The Morgan fingerprint density at radius 2 is 1.74 bits per heavy atom. The third-order valence-corrected chi connectivity index (χ3v) is 4.32. The van der Waals surface area contributed by atoms with Crippen molar-refractivity contribution in [3.63, 3.8) is 0 Å².